The molecule has 0 heterocycles. The van der Waals surface area contributed by atoms with Crippen molar-refractivity contribution in [3.63, 3.8) is 0 Å². The van der Waals surface area contributed by atoms with Crippen molar-refractivity contribution >= 4 is 0 Å². The molecular weight excluding hydrogens is 933 g/mol. The monoisotopic (exact) mass is 1020 g/mol. The van der Waals surface area contributed by atoms with E-state index in [1.807, 2.05) is 79.7 Å². The van der Waals surface area contributed by atoms with Gasteiger partial charge in [0.05, 0.1) is 0 Å². The molecule has 6 aromatic carbocycles. The summed E-state index contributed by atoms with van der Waals surface area (Å²) in [6, 6.07) is 43.5. The van der Waals surface area contributed by atoms with E-state index in [4.69, 9.17) is 0 Å². The first-order chi connectivity index (χ1) is 36.4. The Labute approximate surface area is 447 Å². The highest BCUT2D eigenvalue weighted by Crippen LogP contribution is 2.20. The van der Waals surface area contributed by atoms with Gasteiger partial charge in [0.25, 0.3) is 0 Å². The molecule has 402 valence electrons. The summed E-state index contributed by atoms with van der Waals surface area (Å²) in [4.78, 5) is 45.8. The highest BCUT2D eigenvalue weighted by Gasteiger charge is 2.02. The molecule has 0 fully saturated rings. The molecule has 0 amide bonds. The second-order valence-electron chi connectivity index (χ2n) is 19.5. The zero-order valence-electron chi connectivity index (χ0n) is 45.3. The number of unbranched alkanes of at least 4 members (excludes halogenated alkanes) is 20. The summed E-state index contributed by atoms with van der Waals surface area (Å²) in [7, 11) is 0. The van der Waals surface area contributed by atoms with Crippen LogP contribution in [-0.4, -0.2) is 20.4 Å². The van der Waals surface area contributed by atoms with Gasteiger partial charge in [0.2, 0.25) is 21.7 Å². The van der Waals surface area contributed by atoms with Crippen LogP contribution in [0.2, 0.25) is 0 Å². The van der Waals surface area contributed by atoms with Crippen molar-refractivity contribution in [1.29, 1.82) is 0 Å². The largest absolute Gasteiger partial charge is 0.504 e. The first-order valence-corrected chi connectivity index (χ1v) is 27.8. The number of aromatic hydroxyl groups is 4. The maximum Gasteiger partial charge on any atom is 0.220 e. The average Bonchev–Trinajstić information content (AvgIpc) is 3.84. The van der Waals surface area contributed by atoms with Gasteiger partial charge in [-0.1, -0.05) is 251 Å². The molecule has 0 aliphatic carbocycles. The Bertz CT molecular complexity index is 2740. The molecule has 0 aliphatic rings. The lowest BCUT2D eigenvalue weighted by molar-refractivity contribution is 0.470. The Morgan fingerprint density at radius 2 is 0.560 bits per heavy atom. The van der Waals surface area contributed by atoms with E-state index in [1.165, 1.54) is 170 Å². The maximum atomic E-state index is 11.5. The molecule has 0 saturated carbocycles. The van der Waals surface area contributed by atoms with Crippen LogP contribution in [0.1, 0.15) is 172 Å². The van der Waals surface area contributed by atoms with Crippen molar-refractivity contribution in [2.24, 2.45) is 0 Å². The summed E-state index contributed by atoms with van der Waals surface area (Å²) in [6.07, 6.45) is 31.2. The third-order valence-electron chi connectivity index (χ3n) is 13.0. The predicted molar refractivity (Wildman–Crippen MR) is 313 cm³/mol. The third kappa shape index (κ3) is 27.9. The van der Waals surface area contributed by atoms with Crippen LogP contribution in [0.3, 0.4) is 0 Å². The van der Waals surface area contributed by atoms with Crippen molar-refractivity contribution < 1.29 is 20.4 Å². The molecule has 6 rings (SSSR count). The van der Waals surface area contributed by atoms with Gasteiger partial charge >= 0.3 is 0 Å². The Hall–Kier alpha value is -6.80. The minimum absolute atomic E-state index is 0.161. The summed E-state index contributed by atoms with van der Waals surface area (Å²) in [5, 5.41) is 37.2. The van der Waals surface area contributed by atoms with Crippen molar-refractivity contribution in [3.8, 4) is 45.3 Å². The number of aryl methyl sites for hydroxylation is 3. The molecule has 75 heavy (non-hydrogen) atoms. The summed E-state index contributed by atoms with van der Waals surface area (Å²) < 4.78 is 0. The standard InChI is InChI=1S/C21H34O2.C19H30O2.C14H12O2.C13H10O2/c1-2-3-4-5-6-7-8-9-10-11-12-13-15-19-16-14-17-20(22)21(23)18-19;1-2-3-4-5-6-7-8-9-10-11-13-17-14-12-15-18(20)19(21)16-17;1-10-5-7-11(8-6-10)12-3-2-4-13(15)14(16)9-12;14-12-8-4-7-11(9-13(12)15)10-5-2-1-3-6-10/h14,16-18H,2-13,15H2,1H3,(H,22,23);12,14-16H,2-11,13H2,1H3,(H,20,21);2-9H,1H3,(H,15,16);1-9H,(H,14,15). The van der Waals surface area contributed by atoms with Gasteiger partial charge in [-0.05, 0) is 115 Å². The van der Waals surface area contributed by atoms with Crippen molar-refractivity contribution in [2.45, 2.75) is 175 Å². The number of hydrogen-bond acceptors (Lipinski definition) is 8. The topological polar surface area (TPSA) is 149 Å². The van der Waals surface area contributed by atoms with Crippen LogP contribution >= 0.6 is 0 Å². The van der Waals surface area contributed by atoms with Gasteiger partial charge in [0.15, 0.2) is 23.0 Å². The SMILES string of the molecule is CCCCCCCCCCCCCCc1cccc(O)c(=O)c1.CCCCCCCCCCCCc1cccc(O)c(=O)c1.Cc1ccc(-c2cccc(O)c(=O)c2)cc1.O=c1cc(-c2ccccc2)cccc1O. The second-order valence-corrected chi connectivity index (χ2v) is 19.5. The molecule has 0 bridgehead atoms. The highest BCUT2D eigenvalue weighted by atomic mass is 16.3. The van der Waals surface area contributed by atoms with Crippen LogP contribution in [0, 0.1) is 6.92 Å². The van der Waals surface area contributed by atoms with E-state index in [1.54, 1.807) is 42.5 Å². The van der Waals surface area contributed by atoms with E-state index in [-0.39, 0.29) is 44.7 Å². The quantitative estimate of drug-likeness (QED) is 0.0393. The van der Waals surface area contributed by atoms with E-state index in [2.05, 4.69) is 13.8 Å². The molecule has 0 aliphatic heterocycles. The van der Waals surface area contributed by atoms with Crippen molar-refractivity contribution in [3.05, 3.63) is 209 Å². The Kier molecular flexibility index (Phi) is 32.3. The van der Waals surface area contributed by atoms with Gasteiger partial charge in [-0.3, -0.25) is 19.2 Å². The predicted octanol–water partition coefficient (Wildman–Crippen LogP) is 16.4. The molecule has 0 atom stereocenters. The lowest BCUT2D eigenvalue weighted by atomic mass is 10.0. The molecule has 0 unspecified atom stereocenters. The molecule has 0 spiro atoms. The first-order valence-electron chi connectivity index (χ1n) is 27.8. The minimum atomic E-state index is -0.362. The fourth-order valence-corrected chi connectivity index (χ4v) is 8.48. The Morgan fingerprint density at radius 3 is 0.907 bits per heavy atom. The van der Waals surface area contributed by atoms with Crippen LogP contribution in [0.15, 0.2) is 171 Å². The average molecular weight is 1020 g/mol. The molecule has 0 radical (unpaired) electrons. The van der Waals surface area contributed by atoms with Gasteiger partial charge in [0.1, 0.15) is 0 Å². The molecule has 4 N–H and O–H groups in total. The number of benzene rings is 2. The minimum Gasteiger partial charge on any atom is -0.504 e. The van der Waals surface area contributed by atoms with Gasteiger partial charge < -0.3 is 20.4 Å². The Balaban J connectivity index is 0.000000267. The van der Waals surface area contributed by atoms with Crippen LogP contribution in [0.25, 0.3) is 22.3 Å². The molecular formula is C67H86O8. The van der Waals surface area contributed by atoms with E-state index in [9.17, 15) is 39.6 Å². The van der Waals surface area contributed by atoms with Crippen LogP contribution < -0.4 is 21.7 Å². The second kappa shape index (κ2) is 38.7. The lowest BCUT2D eigenvalue weighted by Crippen LogP contribution is -1.95. The molecule has 6 aromatic rings. The third-order valence-corrected chi connectivity index (χ3v) is 13.0. The summed E-state index contributed by atoms with van der Waals surface area (Å²) in [5.74, 6) is -0.772. The highest BCUT2D eigenvalue weighted by molar-refractivity contribution is 5.64. The molecule has 0 saturated heterocycles. The molecule has 8 nitrogen and oxygen atoms in total. The van der Waals surface area contributed by atoms with E-state index in [0.717, 1.165) is 59.1 Å². The normalized spacial score (nSPS) is 10.4. The lowest BCUT2D eigenvalue weighted by Gasteiger charge is -2.03. The van der Waals surface area contributed by atoms with Gasteiger partial charge in [-0.25, -0.2) is 0 Å². The van der Waals surface area contributed by atoms with E-state index >= 15 is 0 Å². The van der Waals surface area contributed by atoms with E-state index in [0.29, 0.717) is 0 Å². The van der Waals surface area contributed by atoms with Crippen LogP contribution in [-0.2, 0) is 12.8 Å². The van der Waals surface area contributed by atoms with Gasteiger partial charge in [-0.15, -0.1) is 0 Å². The zero-order chi connectivity index (χ0) is 54.3. The maximum absolute atomic E-state index is 11.5. The zero-order valence-corrected chi connectivity index (χ0v) is 45.3. The van der Waals surface area contributed by atoms with Crippen molar-refractivity contribution in [2.75, 3.05) is 0 Å². The summed E-state index contributed by atoms with van der Waals surface area (Å²) in [5.41, 5.74) is 5.51. The van der Waals surface area contributed by atoms with Crippen molar-refractivity contribution in [1.82, 2.24) is 0 Å². The van der Waals surface area contributed by atoms with Crippen LogP contribution in [0.4, 0.5) is 0 Å². The molecule has 8 heteroatoms. The summed E-state index contributed by atoms with van der Waals surface area (Å²) in [6.45, 7) is 6.53. The van der Waals surface area contributed by atoms with Gasteiger partial charge in [0, 0.05) is 0 Å². The number of rotatable bonds is 26. The van der Waals surface area contributed by atoms with Crippen LogP contribution in [0.5, 0.6) is 23.0 Å². The first kappa shape index (κ1) is 62.5. The Morgan fingerprint density at radius 1 is 0.280 bits per heavy atom. The fourth-order valence-electron chi connectivity index (χ4n) is 8.48. The smallest absolute Gasteiger partial charge is 0.220 e. The molecule has 0 aromatic heterocycles. The summed E-state index contributed by atoms with van der Waals surface area (Å²) >= 11 is 0. The van der Waals surface area contributed by atoms with E-state index < -0.39 is 0 Å². The fraction of sp³-hybridized carbons (Fsp3) is 0.403. The number of hydrogen-bond donors (Lipinski definition) is 4. The van der Waals surface area contributed by atoms with Gasteiger partial charge in [-0.2, -0.15) is 0 Å².